The molecule has 0 nitrogen and oxygen atoms in total. The van der Waals surface area contributed by atoms with E-state index in [0.29, 0.717) is 17.6 Å². The molecule has 0 fully saturated rings. The summed E-state index contributed by atoms with van der Waals surface area (Å²) in [5, 5.41) is 7.97. The van der Waals surface area contributed by atoms with Crippen molar-refractivity contribution in [3.63, 3.8) is 0 Å². The first kappa shape index (κ1) is 38.8. The van der Waals surface area contributed by atoms with Gasteiger partial charge in [0.2, 0.25) is 0 Å². The molecule has 6 rings (SSSR count). The van der Waals surface area contributed by atoms with Gasteiger partial charge in [-0.05, 0) is 0 Å². The van der Waals surface area contributed by atoms with Crippen LogP contribution < -0.4 is 24.8 Å². The van der Waals surface area contributed by atoms with E-state index < -0.39 is 0 Å². The van der Waals surface area contributed by atoms with E-state index in [4.69, 9.17) is 34.8 Å². The molecule has 0 N–H and O–H groups in total. The van der Waals surface area contributed by atoms with Crippen LogP contribution in [0.2, 0.25) is 0 Å². The van der Waals surface area contributed by atoms with Gasteiger partial charge in [0.05, 0.1) is 0 Å². The Balaban J connectivity index is 0.000000304. The van der Waals surface area contributed by atoms with E-state index in [9.17, 15) is 0 Å². The van der Waals surface area contributed by atoms with Crippen LogP contribution in [0.4, 0.5) is 0 Å². The Morgan fingerprint density at radius 2 is 0.690 bits per heavy atom. The minimum absolute atomic E-state index is 0. The maximum Gasteiger partial charge on any atom is 2.00 e. The van der Waals surface area contributed by atoms with Crippen LogP contribution in [-0.2, 0) is 43.8 Å². The predicted molar refractivity (Wildman–Crippen MR) is 176 cm³/mol. The van der Waals surface area contributed by atoms with Crippen LogP contribution in [0.15, 0.2) is 72.8 Å². The number of hydrogen-bond donors (Lipinski definition) is 0. The fourth-order valence-electron chi connectivity index (χ4n) is 5.30. The monoisotopic (exact) mass is 733 g/mol. The Labute approximate surface area is 297 Å². The molecule has 0 spiro atoms. The van der Waals surface area contributed by atoms with E-state index in [0.717, 1.165) is 0 Å². The van der Waals surface area contributed by atoms with Crippen LogP contribution in [0, 0.1) is 41.5 Å². The Morgan fingerprint density at radius 3 is 0.905 bits per heavy atom. The molecule has 0 amide bonds. The van der Waals surface area contributed by atoms with E-state index in [1.807, 2.05) is 0 Å². The summed E-state index contributed by atoms with van der Waals surface area (Å²) < 4.78 is 0. The van der Waals surface area contributed by atoms with Crippen molar-refractivity contribution >= 4 is 67.1 Å². The van der Waals surface area contributed by atoms with Crippen LogP contribution >= 0.6 is 34.8 Å². The summed E-state index contributed by atoms with van der Waals surface area (Å²) in [6.07, 6.45) is 0. The Bertz CT molecular complexity index is 1530. The van der Waals surface area contributed by atoms with Crippen molar-refractivity contribution in [3.8, 4) is 0 Å². The molecule has 0 aliphatic heterocycles. The summed E-state index contributed by atoms with van der Waals surface area (Å²) in [4.78, 5) is 0. The largest absolute Gasteiger partial charge is 2.00 e. The van der Waals surface area contributed by atoms with Crippen molar-refractivity contribution < 1.29 is 51.0 Å². The number of aryl methyl sites for hydroxylation is 6. The molecule has 6 heteroatoms. The average Bonchev–Trinajstić information content (AvgIpc) is 3.62. The summed E-state index contributed by atoms with van der Waals surface area (Å²) >= 11 is 17.6. The molecular weight excluding hydrogens is 701 g/mol. The second kappa shape index (κ2) is 17.3. The van der Waals surface area contributed by atoms with Gasteiger partial charge in [-0.15, -0.1) is 137 Å². The van der Waals surface area contributed by atoms with Crippen molar-refractivity contribution in [2.45, 2.75) is 59.2 Å². The minimum atomic E-state index is 0. The van der Waals surface area contributed by atoms with Crippen LogP contribution in [0.25, 0.3) is 32.3 Å². The first-order chi connectivity index (χ1) is 18.7. The minimum Gasteiger partial charge on any atom is -1.00 e. The predicted octanol–water partition coefficient (Wildman–Crippen LogP) is 5.75. The second-order valence-electron chi connectivity index (χ2n) is 10.6. The van der Waals surface area contributed by atoms with Gasteiger partial charge < -0.3 is 24.8 Å². The summed E-state index contributed by atoms with van der Waals surface area (Å²) in [5.41, 5.74) is 11.6. The number of benzene rings is 3. The van der Waals surface area contributed by atoms with Crippen molar-refractivity contribution in [1.82, 2.24) is 0 Å². The van der Waals surface area contributed by atoms with Gasteiger partial charge in [-0.25, -0.2) is 0 Å². The number of halogens is 5. The quantitative estimate of drug-likeness (QED) is 0.161. The van der Waals surface area contributed by atoms with Gasteiger partial charge in [0, 0.05) is 17.6 Å². The fourth-order valence-corrected chi connectivity index (χ4v) is 6.00. The molecule has 0 unspecified atom stereocenters. The number of alkyl halides is 3. The average molecular weight is 737 g/mol. The van der Waals surface area contributed by atoms with Crippen LogP contribution in [0.1, 0.15) is 50.1 Å². The molecule has 0 atom stereocenters. The van der Waals surface area contributed by atoms with E-state index in [1.165, 1.54) is 82.4 Å². The van der Waals surface area contributed by atoms with Crippen LogP contribution in [0.3, 0.4) is 0 Å². The van der Waals surface area contributed by atoms with E-state index in [1.54, 1.807) is 0 Å². The van der Waals surface area contributed by atoms with E-state index in [-0.39, 0.29) is 51.0 Å². The molecule has 0 saturated carbocycles. The van der Waals surface area contributed by atoms with E-state index in [2.05, 4.69) is 114 Å². The van der Waals surface area contributed by atoms with Gasteiger partial charge in [-0.2, -0.15) is 18.2 Å². The summed E-state index contributed by atoms with van der Waals surface area (Å²) in [7, 11) is 0. The van der Waals surface area contributed by atoms with Crippen LogP contribution in [0.5, 0.6) is 0 Å². The molecule has 0 bridgehead atoms. The Kier molecular flexibility index (Phi) is 16.0. The second-order valence-corrected chi connectivity index (χ2v) is 11.4. The zero-order valence-corrected chi connectivity index (χ0v) is 31.2. The maximum atomic E-state index is 5.87. The molecule has 6 aromatic carbocycles. The van der Waals surface area contributed by atoms with Gasteiger partial charge in [0.25, 0.3) is 0 Å². The topological polar surface area (TPSA) is 0 Å². The SMILES string of the molecule is Cc1cc2c(CCl)ccc(C)c2[cH-]1.Cc1cc2c(CCl)ccc(C)c2[cH-]1.Cc1cc2c(CCl)ccc(C)c2[cH-]1.[Cl-].[Cl-].[Zr+2]. The molecule has 222 valence electrons. The van der Waals surface area contributed by atoms with Crippen LogP contribution in [-0.4, -0.2) is 0 Å². The Hall–Kier alpha value is -1.18. The zero-order valence-electron chi connectivity index (χ0n) is 24.9. The van der Waals surface area contributed by atoms with Crippen molar-refractivity contribution in [1.29, 1.82) is 0 Å². The Morgan fingerprint density at radius 1 is 0.452 bits per heavy atom. The molecule has 6 aromatic rings. The number of hydrogen-bond acceptors (Lipinski definition) is 0. The molecule has 0 aromatic heterocycles. The first-order valence-electron chi connectivity index (χ1n) is 13.3. The van der Waals surface area contributed by atoms with Crippen molar-refractivity contribution in [2.75, 3.05) is 0 Å². The molecular formula is C36H36Cl5Zr-3. The summed E-state index contributed by atoms with van der Waals surface area (Å²) in [6, 6.07) is 26.1. The summed E-state index contributed by atoms with van der Waals surface area (Å²) in [6.45, 7) is 12.8. The molecule has 0 saturated heterocycles. The smallest absolute Gasteiger partial charge is 1.00 e. The molecule has 0 radical (unpaired) electrons. The van der Waals surface area contributed by atoms with Gasteiger partial charge in [-0.3, -0.25) is 0 Å². The van der Waals surface area contributed by atoms with Crippen molar-refractivity contribution in [3.05, 3.63) is 123 Å². The maximum absolute atomic E-state index is 5.87. The summed E-state index contributed by atoms with van der Waals surface area (Å²) in [5.74, 6) is 1.79. The third kappa shape index (κ3) is 8.72. The van der Waals surface area contributed by atoms with Gasteiger partial charge in [0.15, 0.2) is 0 Å². The fraction of sp³-hybridized carbons (Fsp3) is 0.250. The normalized spacial score (nSPS) is 10.2. The van der Waals surface area contributed by atoms with E-state index >= 15 is 0 Å². The third-order valence-electron chi connectivity index (χ3n) is 7.45. The molecule has 0 heterocycles. The third-order valence-corrected chi connectivity index (χ3v) is 8.31. The molecule has 0 aliphatic carbocycles. The van der Waals surface area contributed by atoms with Gasteiger partial charge in [-0.1, -0.05) is 76.4 Å². The standard InChI is InChI=1S/3C12H12Cl.2ClH.Zr/c3*1-8-5-11-9(2)3-4-10(7-13)12(11)6-8;;;/h3*3-6H,7H2,1-2H3;2*1H;/q3*-1;;;+2/p-2. The first-order valence-corrected chi connectivity index (χ1v) is 14.9. The van der Waals surface area contributed by atoms with Crippen molar-refractivity contribution in [2.24, 2.45) is 0 Å². The molecule has 42 heavy (non-hydrogen) atoms. The zero-order chi connectivity index (χ0) is 28.3. The number of fused-ring (bicyclic) bond motifs is 3. The van der Waals surface area contributed by atoms with Gasteiger partial charge in [0.1, 0.15) is 0 Å². The van der Waals surface area contributed by atoms with Gasteiger partial charge >= 0.3 is 26.2 Å². The molecule has 0 aliphatic rings. The number of rotatable bonds is 3.